The standard InChI is InChI=1S/C16H16O3/c17-16(18)15-8-4-7-13(11-15)9-10-19-12-14-5-2-1-3-6-14/h1-8,11H,9-10,12H2,(H,17,18). The van der Waals surface area contributed by atoms with Crippen LogP contribution in [-0.4, -0.2) is 17.7 Å². The molecule has 1 N–H and O–H groups in total. The minimum absolute atomic E-state index is 0.320. The first kappa shape index (κ1) is 13.3. The molecule has 0 heterocycles. The predicted molar refractivity (Wildman–Crippen MR) is 73.2 cm³/mol. The summed E-state index contributed by atoms with van der Waals surface area (Å²) in [7, 11) is 0. The predicted octanol–water partition coefficient (Wildman–Crippen LogP) is 3.14. The average molecular weight is 256 g/mol. The normalized spacial score (nSPS) is 10.3. The van der Waals surface area contributed by atoms with Crippen molar-refractivity contribution in [2.24, 2.45) is 0 Å². The molecule has 0 aromatic heterocycles. The molecule has 98 valence electrons. The molecule has 0 amide bonds. The molecular weight excluding hydrogens is 240 g/mol. The van der Waals surface area contributed by atoms with Crippen LogP contribution in [0.5, 0.6) is 0 Å². The van der Waals surface area contributed by atoms with Gasteiger partial charge in [-0.1, -0.05) is 42.5 Å². The number of hydrogen-bond donors (Lipinski definition) is 1. The van der Waals surface area contributed by atoms with E-state index < -0.39 is 5.97 Å². The summed E-state index contributed by atoms with van der Waals surface area (Å²) in [6.07, 6.45) is 0.716. The summed E-state index contributed by atoms with van der Waals surface area (Å²) in [6.45, 7) is 1.16. The molecule has 0 spiro atoms. The lowest BCUT2D eigenvalue weighted by Crippen LogP contribution is -2.01. The van der Waals surface area contributed by atoms with E-state index in [0.717, 1.165) is 11.1 Å². The lowest BCUT2D eigenvalue weighted by Gasteiger charge is -2.05. The van der Waals surface area contributed by atoms with Gasteiger partial charge >= 0.3 is 5.97 Å². The van der Waals surface area contributed by atoms with E-state index in [1.165, 1.54) is 0 Å². The smallest absolute Gasteiger partial charge is 0.335 e. The van der Waals surface area contributed by atoms with Crippen molar-refractivity contribution in [1.82, 2.24) is 0 Å². The maximum atomic E-state index is 10.8. The molecule has 0 atom stereocenters. The molecule has 0 bridgehead atoms. The van der Waals surface area contributed by atoms with Gasteiger partial charge in [0.15, 0.2) is 0 Å². The zero-order valence-electron chi connectivity index (χ0n) is 10.6. The molecule has 0 unspecified atom stereocenters. The SMILES string of the molecule is O=C(O)c1cccc(CCOCc2ccccc2)c1. The molecule has 0 saturated carbocycles. The molecule has 0 aliphatic carbocycles. The highest BCUT2D eigenvalue weighted by atomic mass is 16.5. The maximum absolute atomic E-state index is 10.8. The van der Waals surface area contributed by atoms with Crippen molar-refractivity contribution in [2.75, 3.05) is 6.61 Å². The van der Waals surface area contributed by atoms with Crippen LogP contribution in [0.3, 0.4) is 0 Å². The minimum atomic E-state index is -0.896. The largest absolute Gasteiger partial charge is 0.478 e. The quantitative estimate of drug-likeness (QED) is 0.808. The Morgan fingerprint density at radius 2 is 1.74 bits per heavy atom. The summed E-state index contributed by atoms with van der Waals surface area (Å²) in [5.41, 5.74) is 2.44. The average Bonchev–Trinajstić information content (AvgIpc) is 2.45. The van der Waals surface area contributed by atoms with Gasteiger partial charge in [-0.15, -0.1) is 0 Å². The summed E-state index contributed by atoms with van der Waals surface area (Å²) >= 11 is 0. The molecule has 2 aromatic carbocycles. The van der Waals surface area contributed by atoms with Gasteiger partial charge in [0.2, 0.25) is 0 Å². The zero-order valence-corrected chi connectivity index (χ0v) is 10.6. The Labute approximate surface area is 112 Å². The molecule has 0 aliphatic heterocycles. The van der Waals surface area contributed by atoms with Crippen molar-refractivity contribution in [3.8, 4) is 0 Å². The van der Waals surface area contributed by atoms with Crippen LogP contribution in [-0.2, 0) is 17.8 Å². The number of hydrogen-bond acceptors (Lipinski definition) is 2. The third-order valence-corrected chi connectivity index (χ3v) is 2.82. The summed E-state index contributed by atoms with van der Waals surface area (Å²) in [6, 6.07) is 16.9. The van der Waals surface area contributed by atoms with Crippen molar-refractivity contribution in [3.05, 3.63) is 71.3 Å². The van der Waals surface area contributed by atoms with E-state index in [-0.39, 0.29) is 0 Å². The summed E-state index contributed by atoms with van der Waals surface area (Å²) < 4.78 is 5.58. The monoisotopic (exact) mass is 256 g/mol. The van der Waals surface area contributed by atoms with Gasteiger partial charge < -0.3 is 9.84 Å². The molecule has 2 aromatic rings. The Bertz CT molecular complexity index is 535. The highest BCUT2D eigenvalue weighted by Gasteiger charge is 2.03. The van der Waals surface area contributed by atoms with Crippen LogP contribution in [0.25, 0.3) is 0 Å². The molecule has 3 nitrogen and oxygen atoms in total. The number of carboxylic acid groups (broad SMARTS) is 1. The maximum Gasteiger partial charge on any atom is 0.335 e. The number of carbonyl (C=O) groups is 1. The lowest BCUT2D eigenvalue weighted by molar-refractivity contribution is 0.0696. The zero-order chi connectivity index (χ0) is 13.5. The first-order chi connectivity index (χ1) is 9.25. The fourth-order valence-corrected chi connectivity index (χ4v) is 1.81. The number of ether oxygens (including phenoxy) is 1. The number of aromatic carboxylic acids is 1. The van der Waals surface area contributed by atoms with E-state index >= 15 is 0 Å². The topological polar surface area (TPSA) is 46.5 Å². The van der Waals surface area contributed by atoms with Gasteiger partial charge in [0.05, 0.1) is 18.8 Å². The molecule has 19 heavy (non-hydrogen) atoms. The summed E-state index contributed by atoms with van der Waals surface area (Å²) in [4.78, 5) is 10.8. The van der Waals surface area contributed by atoms with E-state index in [9.17, 15) is 4.79 Å². The third kappa shape index (κ3) is 4.23. The van der Waals surface area contributed by atoms with E-state index in [4.69, 9.17) is 9.84 Å². The number of rotatable bonds is 6. The van der Waals surface area contributed by atoms with Crippen molar-refractivity contribution in [1.29, 1.82) is 0 Å². The minimum Gasteiger partial charge on any atom is -0.478 e. The van der Waals surface area contributed by atoms with E-state index in [0.29, 0.717) is 25.2 Å². The molecule has 3 heteroatoms. The Kier molecular flexibility index (Phi) is 4.70. The van der Waals surface area contributed by atoms with Crippen LogP contribution in [0.1, 0.15) is 21.5 Å². The van der Waals surface area contributed by atoms with E-state index in [1.54, 1.807) is 18.2 Å². The first-order valence-corrected chi connectivity index (χ1v) is 6.19. The Morgan fingerprint density at radius 1 is 1.00 bits per heavy atom. The molecular formula is C16H16O3. The third-order valence-electron chi connectivity index (χ3n) is 2.82. The fraction of sp³-hybridized carbons (Fsp3) is 0.188. The summed E-state index contributed by atoms with van der Waals surface area (Å²) in [5, 5.41) is 8.90. The van der Waals surface area contributed by atoms with Gasteiger partial charge in [-0.2, -0.15) is 0 Å². The van der Waals surface area contributed by atoms with E-state index in [2.05, 4.69) is 0 Å². The fourth-order valence-electron chi connectivity index (χ4n) is 1.81. The van der Waals surface area contributed by atoms with Gasteiger partial charge in [-0.05, 0) is 29.7 Å². The van der Waals surface area contributed by atoms with Crippen LogP contribution >= 0.6 is 0 Å². The van der Waals surface area contributed by atoms with Crippen molar-refractivity contribution >= 4 is 5.97 Å². The molecule has 2 rings (SSSR count). The van der Waals surface area contributed by atoms with Crippen LogP contribution in [0.2, 0.25) is 0 Å². The van der Waals surface area contributed by atoms with Crippen LogP contribution < -0.4 is 0 Å². The van der Waals surface area contributed by atoms with Crippen LogP contribution in [0, 0.1) is 0 Å². The second-order valence-electron chi connectivity index (χ2n) is 4.29. The second-order valence-corrected chi connectivity index (χ2v) is 4.29. The Morgan fingerprint density at radius 3 is 2.47 bits per heavy atom. The molecule has 0 aliphatic rings. The van der Waals surface area contributed by atoms with Crippen molar-refractivity contribution in [2.45, 2.75) is 13.0 Å². The molecule has 0 saturated heterocycles. The number of carboxylic acids is 1. The van der Waals surface area contributed by atoms with Gasteiger partial charge in [0, 0.05) is 0 Å². The Hall–Kier alpha value is -2.13. The van der Waals surface area contributed by atoms with Gasteiger partial charge in [0.25, 0.3) is 0 Å². The van der Waals surface area contributed by atoms with Crippen molar-refractivity contribution < 1.29 is 14.6 Å². The van der Waals surface area contributed by atoms with Gasteiger partial charge in [-0.3, -0.25) is 0 Å². The highest BCUT2D eigenvalue weighted by Crippen LogP contribution is 2.07. The van der Waals surface area contributed by atoms with E-state index in [1.807, 2.05) is 36.4 Å². The first-order valence-electron chi connectivity index (χ1n) is 6.19. The van der Waals surface area contributed by atoms with Crippen LogP contribution in [0.15, 0.2) is 54.6 Å². The van der Waals surface area contributed by atoms with Crippen LogP contribution in [0.4, 0.5) is 0 Å². The van der Waals surface area contributed by atoms with Gasteiger partial charge in [-0.25, -0.2) is 4.79 Å². The van der Waals surface area contributed by atoms with Crippen molar-refractivity contribution in [3.63, 3.8) is 0 Å². The Balaban J connectivity index is 1.80. The molecule has 0 radical (unpaired) electrons. The summed E-state index contributed by atoms with van der Waals surface area (Å²) in [5.74, 6) is -0.896. The second kappa shape index (κ2) is 6.71. The number of benzene rings is 2. The van der Waals surface area contributed by atoms with Gasteiger partial charge in [0.1, 0.15) is 0 Å². The lowest BCUT2D eigenvalue weighted by atomic mass is 10.1. The molecule has 0 fully saturated rings. The highest BCUT2D eigenvalue weighted by molar-refractivity contribution is 5.87.